The van der Waals surface area contributed by atoms with E-state index in [9.17, 15) is 8.42 Å². The first kappa shape index (κ1) is 10.7. The fourth-order valence-corrected chi connectivity index (χ4v) is 2.30. The van der Waals surface area contributed by atoms with Crippen LogP contribution in [0.5, 0.6) is 0 Å². The first-order chi connectivity index (χ1) is 7.48. The molecule has 0 atom stereocenters. The van der Waals surface area contributed by atoms with E-state index in [2.05, 4.69) is 5.16 Å². The number of sulfone groups is 1. The minimum atomic E-state index is -3.30. The van der Waals surface area contributed by atoms with E-state index < -0.39 is 9.84 Å². The quantitative estimate of drug-likeness (QED) is 0.852. The molecule has 1 aromatic carbocycles. The second-order valence-electron chi connectivity index (χ2n) is 3.38. The highest BCUT2D eigenvalue weighted by molar-refractivity contribution is 7.90. The van der Waals surface area contributed by atoms with Gasteiger partial charge in [0.2, 0.25) is 0 Å². The van der Waals surface area contributed by atoms with Crippen LogP contribution in [0.1, 0.15) is 0 Å². The molecule has 16 heavy (non-hydrogen) atoms. The van der Waals surface area contributed by atoms with Crippen LogP contribution < -0.4 is 5.73 Å². The lowest BCUT2D eigenvalue weighted by Crippen LogP contribution is -1.99. The minimum absolute atomic E-state index is 0.200. The van der Waals surface area contributed by atoms with Crippen molar-refractivity contribution in [3.8, 4) is 11.3 Å². The Kier molecular flexibility index (Phi) is 2.43. The molecule has 0 saturated heterocycles. The standard InChI is InChI=1S/C10H10N2O3S/c1-16(13,14)9-5-3-2-4-7(9)8-6-10(11)12-15-8/h2-6H,1H3,(H2,11,12). The Balaban J connectivity index is 2.66. The van der Waals surface area contributed by atoms with Crippen molar-refractivity contribution in [2.75, 3.05) is 12.0 Å². The van der Waals surface area contributed by atoms with Gasteiger partial charge in [0.15, 0.2) is 21.4 Å². The molecule has 0 aliphatic carbocycles. The monoisotopic (exact) mass is 238 g/mol. The Morgan fingerprint density at radius 1 is 1.31 bits per heavy atom. The molecule has 2 N–H and O–H groups in total. The molecule has 5 nitrogen and oxygen atoms in total. The summed E-state index contributed by atoms with van der Waals surface area (Å²) in [6.45, 7) is 0. The second-order valence-corrected chi connectivity index (χ2v) is 5.37. The lowest BCUT2D eigenvalue weighted by Gasteiger charge is -2.03. The molecule has 0 unspecified atom stereocenters. The van der Waals surface area contributed by atoms with Gasteiger partial charge in [0.1, 0.15) is 0 Å². The summed E-state index contributed by atoms with van der Waals surface area (Å²) in [4.78, 5) is 0.200. The number of hydrogen-bond acceptors (Lipinski definition) is 5. The van der Waals surface area contributed by atoms with Crippen LogP contribution in [0.3, 0.4) is 0 Å². The third-order valence-corrected chi connectivity index (χ3v) is 3.24. The van der Waals surface area contributed by atoms with Crippen molar-refractivity contribution in [2.24, 2.45) is 0 Å². The average molecular weight is 238 g/mol. The van der Waals surface area contributed by atoms with Crippen molar-refractivity contribution in [3.05, 3.63) is 30.3 Å². The van der Waals surface area contributed by atoms with E-state index in [1.165, 1.54) is 12.1 Å². The number of nitrogen functional groups attached to an aromatic ring is 1. The number of hydrogen-bond donors (Lipinski definition) is 1. The summed E-state index contributed by atoms with van der Waals surface area (Å²) < 4.78 is 28.0. The van der Waals surface area contributed by atoms with Gasteiger partial charge >= 0.3 is 0 Å². The number of benzene rings is 1. The highest BCUT2D eigenvalue weighted by atomic mass is 32.2. The SMILES string of the molecule is CS(=O)(=O)c1ccccc1-c1cc(N)no1. The predicted octanol–water partition coefficient (Wildman–Crippen LogP) is 1.33. The van der Waals surface area contributed by atoms with Gasteiger partial charge in [-0.15, -0.1) is 0 Å². The summed E-state index contributed by atoms with van der Waals surface area (Å²) in [5, 5.41) is 3.52. The van der Waals surface area contributed by atoms with Gasteiger partial charge in [0.25, 0.3) is 0 Å². The summed E-state index contributed by atoms with van der Waals surface area (Å²) in [7, 11) is -3.30. The van der Waals surface area contributed by atoms with Crippen molar-refractivity contribution in [3.63, 3.8) is 0 Å². The Morgan fingerprint density at radius 3 is 2.56 bits per heavy atom. The van der Waals surface area contributed by atoms with Crippen LogP contribution in [0.2, 0.25) is 0 Å². The Bertz CT molecular complexity index is 616. The molecule has 6 heteroatoms. The molecule has 84 valence electrons. The zero-order valence-electron chi connectivity index (χ0n) is 8.54. The van der Waals surface area contributed by atoms with E-state index in [-0.39, 0.29) is 10.7 Å². The van der Waals surface area contributed by atoms with Gasteiger partial charge in [-0.05, 0) is 12.1 Å². The van der Waals surface area contributed by atoms with Crippen LogP contribution >= 0.6 is 0 Å². The summed E-state index contributed by atoms with van der Waals surface area (Å²) in [5.74, 6) is 0.567. The highest BCUT2D eigenvalue weighted by Gasteiger charge is 2.16. The largest absolute Gasteiger partial charge is 0.381 e. The van der Waals surface area contributed by atoms with Crippen molar-refractivity contribution < 1.29 is 12.9 Å². The van der Waals surface area contributed by atoms with Crippen molar-refractivity contribution in [1.29, 1.82) is 0 Å². The van der Waals surface area contributed by atoms with Gasteiger partial charge in [-0.25, -0.2) is 8.42 Å². The number of aromatic nitrogens is 1. The minimum Gasteiger partial charge on any atom is -0.381 e. The van der Waals surface area contributed by atoms with Crippen LogP contribution in [0.15, 0.2) is 39.8 Å². The van der Waals surface area contributed by atoms with Crippen molar-refractivity contribution in [2.45, 2.75) is 4.90 Å². The molecule has 2 rings (SSSR count). The van der Waals surface area contributed by atoms with E-state index in [0.29, 0.717) is 11.3 Å². The normalized spacial score (nSPS) is 11.6. The summed E-state index contributed by atoms with van der Waals surface area (Å²) in [6, 6.07) is 8.03. The molecule has 0 fully saturated rings. The van der Waals surface area contributed by atoms with Crippen LogP contribution in [-0.4, -0.2) is 19.8 Å². The molecule has 0 spiro atoms. The molecular weight excluding hydrogens is 228 g/mol. The number of nitrogens with zero attached hydrogens (tertiary/aromatic N) is 1. The predicted molar refractivity (Wildman–Crippen MR) is 59.5 cm³/mol. The fourth-order valence-electron chi connectivity index (χ4n) is 1.41. The number of nitrogens with two attached hydrogens (primary N) is 1. The van der Waals surface area contributed by atoms with Gasteiger partial charge in [0, 0.05) is 17.9 Å². The molecule has 0 saturated carbocycles. The van der Waals surface area contributed by atoms with Gasteiger partial charge in [0.05, 0.1) is 4.90 Å². The number of anilines is 1. The Hall–Kier alpha value is -1.82. The molecule has 1 aromatic heterocycles. The molecular formula is C10H10N2O3S. The molecule has 2 aromatic rings. The summed E-state index contributed by atoms with van der Waals surface area (Å²) in [5.41, 5.74) is 5.89. The first-order valence-corrected chi connectivity index (χ1v) is 6.39. The molecule has 0 aliphatic rings. The van der Waals surface area contributed by atoms with Gasteiger partial charge < -0.3 is 10.3 Å². The lowest BCUT2D eigenvalue weighted by atomic mass is 10.2. The van der Waals surface area contributed by atoms with Crippen LogP contribution in [0.25, 0.3) is 11.3 Å². The lowest BCUT2D eigenvalue weighted by molar-refractivity contribution is 0.435. The van der Waals surface area contributed by atoms with E-state index in [4.69, 9.17) is 10.3 Å². The maximum atomic E-state index is 11.5. The average Bonchev–Trinajstić information content (AvgIpc) is 2.64. The topological polar surface area (TPSA) is 86.2 Å². The van der Waals surface area contributed by atoms with Gasteiger partial charge in [-0.1, -0.05) is 17.3 Å². The third-order valence-electron chi connectivity index (χ3n) is 2.08. The van der Waals surface area contributed by atoms with Crippen LogP contribution in [0.4, 0.5) is 5.82 Å². The zero-order valence-corrected chi connectivity index (χ0v) is 9.36. The van der Waals surface area contributed by atoms with E-state index in [1.54, 1.807) is 18.2 Å². The van der Waals surface area contributed by atoms with Crippen LogP contribution in [0, 0.1) is 0 Å². The Labute approximate surface area is 92.8 Å². The highest BCUT2D eigenvalue weighted by Crippen LogP contribution is 2.28. The summed E-state index contributed by atoms with van der Waals surface area (Å²) >= 11 is 0. The zero-order chi connectivity index (χ0) is 11.8. The molecule has 1 heterocycles. The second kappa shape index (κ2) is 3.64. The molecule has 0 aliphatic heterocycles. The molecule has 0 amide bonds. The maximum absolute atomic E-state index is 11.5. The summed E-state index contributed by atoms with van der Waals surface area (Å²) in [6.07, 6.45) is 1.14. The third kappa shape index (κ3) is 1.92. The van der Waals surface area contributed by atoms with E-state index in [0.717, 1.165) is 6.26 Å². The number of rotatable bonds is 2. The molecule has 0 bridgehead atoms. The van der Waals surface area contributed by atoms with Crippen LogP contribution in [-0.2, 0) is 9.84 Å². The smallest absolute Gasteiger partial charge is 0.176 e. The van der Waals surface area contributed by atoms with Crippen molar-refractivity contribution >= 4 is 15.7 Å². The van der Waals surface area contributed by atoms with Crippen molar-refractivity contribution in [1.82, 2.24) is 5.16 Å². The maximum Gasteiger partial charge on any atom is 0.176 e. The van der Waals surface area contributed by atoms with Gasteiger partial charge in [-0.2, -0.15) is 0 Å². The first-order valence-electron chi connectivity index (χ1n) is 4.50. The van der Waals surface area contributed by atoms with Gasteiger partial charge in [-0.3, -0.25) is 0 Å². The Morgan fingerprint density at radius 2 is 2.00 bits per heavy atom. The fraction of sp³-hybridized carbons (Fsp3) is 0.100. The molecule has 0 radical (unpaired) electrons. The van der Waals surface area contributed by atoms with E-state index in [1.807, 2.05) is 0 Å². The van der Waals surface area contributed by atoms with E-state index >= 15 is 0 Å².